The van der Waals surface area contributed by atoms with Gasteiger partial charge in [-0.15, -0.1) is 0 Å². The highest BCUT2D eigenvalue weighted by atomic mass is 35.5. The normalized spacial score (nSPS) is 10.1. The summed E-state index contributed by atoms with van der Waals surface area (Å²) < 4.78 is 0. The molecular formula is C10H12ClNO2. The molecule has 4 heteroatoms. The van der Waals surface area contributed by atoms with E-state index in [1.54, 1.807) is 12.1 Å². The highest BCUT2D eigenvalue weighted by molar-refractivity contribution is 6.30. The van der Waals surface area contributed by atoms with Crippen LogP contribution in [0.3, 0.4) is 0 Å². The lowest BCUT2D eigenvalue weighted by Gasteiger charge is -2.05. The molecule has 3 N–H and O–H groups in total. The van der Waals surface area contributed by atoms with Gasteiger partial charge in [0.1, 0.15) is 0 Å². The molecule has 0 spiro atoms. The molecule has 1 aromatic rings. The number of benzene rings is 1. The zero-order chi connectivity index (χ0) is 10.6. The van der Waals surface area contributed by atoms with Crippen molar-refractivity contribution in [1.29, 1.82) is 0 Å². The molecule has 0 radical (unpaired) electrons. The minimum absolute atomic E-state index is 0.308. The lowest BCUT2D eigenvalue weighted by Crippen LogP contribution is -2.05. The van der Waals surface area contributed by atoms with Crippen LogP contribution in [-0.4, -0.2) is 17.6 Å². The van der Waals surface area contributed by atoms with Crippen LogP contribution in [0.5, 0.6) is 0 Å². The van der Waals surface area contributed by atoms with E-state index in [0.29, 0.717) is 23.6 Å². The number of hydrogen-bond acceptors (Lipinski definition) is 2. The maximum absolute atomic E-state index is 10.8. The number of rotatable bonds is 4. The number of hydrogen-bond donors (Lipinski definition) is 2. The van der Waals surface area contributed by atoms with Crippen molar-refractivity contribution >= 4 is 17.6 Å². The van der Waals surface area contributed by atoms with E-state index >= 15 is 0 Å². The molecule has 76 valence electrons. The predicted octanol–water partition coefficient (Wildman–Crippen LogP) is 1.93. The molecule has 0 bridgehead atoms. The minimum Gasteiger partial charge on any atom is -0.478 e. The van der Waals surface area contributed by atoms with Gasteiger partial charge in [-0.2, -0.15) is 0 Å². The fourth-order valence-corrected chi connectivity index (χ4v) is 1.46. The fourth-order valence-electron chi connectivity index (χ4n) is 1.27. The molecule has 3 nitrogen and oxygen atoms in total. The van der Waals surface area contributed by atoms with E-state index in [2.05, 4.69) is 0 Å². The summed E-state index contributed by atoms with van der Waals surface area (Å²) in [6, 6.07) is 4.79. The van der Waals surface area contributed by atoms with Crippen LogP contribution in [0.4, 0.5) is 0 Å². The number of carboxylic acids is 1. The van der Waals surface area contributed by atoms with Crippen LogP contribution in [0.2, 0.25) is 5.02 Å². The van der Waals surface area contributed by atoms with Crippen LogP contribution in [0, 0.1) is 0 Å². The van der Waals surface area contributed by atoms with Gasteiger partial charge in [-0.1, -0.05) is 11.6 Å². The van der Waals surface area contributed by atoms with Crippen LogP contribution in [-0.2, 0) is 6.42 Å². The van der Waals surface area contributed by atoms with Gasteiger partial charge in [0, 0.05) is 5.02 Å². The van der Waals surface area contributed by atoms with E-state index in [4.69, 9.17) is 22.4 Å². The predicted molar refractivity (Wildman–Crippen MR) is 55.8 cm³/mol. The summed E-state index contributed by atoms with van der Waals surface area (Å²) in [5.74, 6) is -0.923. The lowest BCUT2D eigenvalue weighted by molar-refractivity contribution is 0.0695. The Morgan fingerprint density at radius 1 is 1.50 bits per heavy atom. The second-order valence-corrected chi connectivity index (χ2v) is 3.44. The number of aryl methyl sites for hydroxylation is 1. The highest BCUT2D eigenvalue weighted by Crippen LogP contribution is 2.17. The molecule has 0 saturated heterocycles. The quantitative estimate of drug-likeness (QED) is 0.804. The third-order valence-electron chi connectivity index (χ3n) is 1.95. The minimum atomic E-state index is -0.923. The maximum Gasteiger partial charge on any atom is 0.335 e. The number of carboxylic acid groups (broad SMARTS) is 1. The van der Waals surface area contributed by atoms with Crippen molar-refractivity contribution in [3.63, 3.8) is 0 Å². The van der Waals surface area contributed by atoms with Crippen molar-refractivity contribution in [1.82, 2.24) is 0 Å². The van der Waals surface area contributed by atoms with Gasteiger partial charge in [0.05, 0.1) is 5.56 Å². The molecule has 1 aromatic carbocycles. The molecule has 0 amide bonds. The molecule has 0 aliphatic carbocycles. The molecule has 0 aromatic heterocycles. The Morgan fingerprint density at radius 2 is 2.21 bits per heavy atom. The van der Waals surface area contributed by atoms with Gasteiger partial charge < -0.3 is 10.8 Å². The molecule has 0 unspecified atom stereocenters. The van der Waals surface area contributed by atoms with Gasteiger partial charge in [0.25, 0.3) is 0 Å². The summed E-state index contributed by atoms with van der Waals surface area (Å²) in [7, 11) is 0. The van der Waals surface area contributed by atoms with E-state index < -0.39 is 5.97 Å². The second-order valence-electron chi connectivity index (χ2n) is 3.00. The van der Waals surface area contributed by atoms with Gasteiger partial charge in [-0.3, -0.25) is 0 Å². The third kappa shape index (κ3) is 2.72. The SMILES string of the molecule is NCCCc1cc(Cl)ccc1C(=O)O. The Bertz CT molecular complexity index is 339. The van der Waals surface area contributed by atoms with E-state index in [-0.39, 0.29) is 0 Å². The first-order valence-electron chi connectivity index (χ1n) is 4.37. The Labute approximate surface area is 87.5 Å². The van der Waals surface area contributed by atoms with Gasteiger partial charge in [-0.25, -0.2) is 4.79 Å². The van der Waals surface area contributed by atoms with Gasteiger partial charge in [0.2, 0.25) is 0 Å². The summed E-state index contributed by atoms with van der Waals surface area (Å²) in [4.78, 5) is 10.8. The van der Waals surface area contributed by atoms with Crippen LogP contribution >= 0.6 is 11.6 Å². The summed E-state index contributed by atoms with van der Waals surface area (Å²) in [6.07, 6.45) is 1.42. The molecule has 0 heterocycles. The van der Waals surface area contributed by atoms with Crippen molar-refractivity contribution in [2.45, 2.75) is 12.8 Å². The molecular weight excluding hydrogens is 202 g/mol. The molecule has 1 rings (SSSR count). The lowest BCUT2D eigenvalue weighted by atomic mass is 10.0. The van der Waals surface area contributed by atoms with E-state index in [1.165, 1.54) is 6.07 Å². The van der Waals surface area contributed by atoms with E-state index in [0.717, 1.165) is 12.0 Å². The average Bonchev–Trinajstić information content (AvgIpc) is 2.14. The molecule has 14 heavy (non-hydrogen) atoms. The highest BCUT2D eigenvalue weighted by Gasteiger charge is 2.09. The molecule has 0 aliphatic heterocycles. The molecule has 0 fully saturated rings. The topological polar surface area (TPSA) is 63.3 Å². The largest absolute Gasteiger partial charge is 0.478 e. The van der Waals surface area contributed by atoms with E-state index in [9.17, 15) is 4.79 Å². The second kappa shape index (κ2) is 4.98. The van der Waals surface area contributed by atoms with Crippen LogP contribution in [0.15, 0.2) is 18.2 Å². The van der Waals surface area contributed by atoms with E-state index in [1.807, 2.05) is 0 Å². The van der Waals surface area contributed by atoms with Gasteiger partial charge in [0.15, 0.2) is 0 Å². The van der Waals surface area contributed by atoms with Gasteiger partial charge in [-0.05, 0) is 43.1 Å². The van der Waals surface area contributed by atoms with Gasteiger partial charge >= 0.3 is 5.97 Å². The van der Waals surface area contributed by atoms with Crippen LogP contribution < -0.4 is 5.73 Å². The first-order chi connectivity index (χ1) is 6.65. The van der Waals surface area contributed by atoms with Crippen molar-refractivity contribution < 1.29 is 9.90 Å². The average molecular weight is 214 g/mol. The summed E-state index contributed by atoms with van der Waals surface area (Å²) >= 11 is 5.78. The fraction of sp³-hybridized carbons (Fsp3) is 0.300. The third-order valence-corrected chi connectivity index (χ3v) is 2.18. The van der Waals surface area contributed by atoms with Crippen molar-refractivity contribution in [2.75, 3.05) is 6.54 Å². The maximum atomic E-state index is 10.8. The smallest absolute Gasteiger partial charge is 0.335 e. The Hall–Kier alpha value is -1.06. The standard InChI is InChI=1S/C10H12ClNO2/c11-8-3-4-9(10(13)14)7(6-8)2-1-5-12/h3-4,6H,1-2,5,12H2,(H,13,14). The summed E-state index contributed by atoms with van der Waals surface area (Å²) in [5.41, 5.74) is 6.41. The Morgan fingerprint density at radius 3 is 2.79 bits per heavy atom. The number of aromatic carboxylic acids is 1. The monoisotopic (exact) mass is 213 g/mol. The zero-order valence-corrected chi connectivity index (χ0v) is 8.42. The van der Waals surface area contributed by atoms with Crippen LogP contribution in [0.1, 0.15) is 22.3 Å². The van der Waals surface area contributed by atoms with Crippen LogP contribution in [0.25, 0.3) is 0 Å². The Kier molecular flexibility index (Phi) is 3.92. The molecule has 0 saturated carbocycles. The summed E-state index contributed by atoms with van der Waals surface area (Å²) in [6.45, 7) is 0.547. The zero-order valence-electron chi connectivity index (χ0n) is 7.66. The first-order valence-corrected chi connectivity index (χ1v) is 4.74. The molecule has 0 atom stereocenters. The molecule has 0 aliphatic rings. The van der Waals surface area contributed by atoms with Crippen molar-refractivity contribution in [2.24, 2.45) is 5.73 Å². The first kappa shape index (κ1) is 11.0. The summed E-state index contributed by atoms with van der Waals surface area (Å²) in [5, 5.41) is 9.44. The number of nitrogens with two attached hydrogens (primary N) is 1. The Balaban J connectivity index is 2.97. The number of halogens is 1. The van der Waals surface area contributed by atoms with Crippen molar-refractivity contribution in [3.05, 3.63) is 34.3 Å². The number of carbonyl (C=O) groups is 1. The van der Waals surface area contributed by atoms with Crippen molar-refractivity contribution in [3.8, 4) is 0 Å².